The van der Waals surface area contributed by atoms with E-state index in [1.54, 1.807) is 18.2 Å². The van der Waals surface area contributed by atoms with E-state index in [9.17, 15) is 15.0 Å². The lowest BCUT2D eigenvalue weighted by Gasteiger charge is -2.37. The molecule has 1 aliphatic carbocycles. The molecular formula is C18H18O4. The Morgan fingerprint density at radius 3 is 2.27 bits per heavy atom. The molecule has 1 saturated carbocycles. The first-order valence-electron chi connectivity index (χ1n) is 7.34. The van der Waals surface area contributed by atoms with Crippen LogP contribution >= 0.6 is 0 Å². The molecule has 2 aromatic carbocycles. The summed E-state index contributed by atoms with van der Waals surface area (Å²) in [5, 5.41) is 28.8. The molecule has 0 heterocycles. The second-order valence-electron chi connectivity index (χ2n) is 5.83. The molecule has 1 fully saturated rings. The Kier molecular flexibility index (Phi) is 3.72. The van der Waals surface area contributed by atoms with Crippen molar-refractivity contribution in [2.24, 2.45) is 0 Å². The van der Waals surface area contributed by atoms with E-state index in [-0.39, 0.29) is 0 Å². The fourth-order valence-electron chi connectivity index (χ4n) is 2.80. The Hall–Kier alpha value is -2.17. The lowest BCUT2D eigenvalue weighted by atomic mass is 9.75. The van der Waals surface area contributed by atoms with Gasteiger partial charge in [-0.15, -0.1) is 0 Å². The Bertz CT molecular complexity index is 686. The summed E-state index contributed by atoms with van der Waals surface area (Å²) in [5.41, 5.74) is 2.35. The van der Waals surface area contributed by atoms with Gasteiger partial charge in [-0.2, -0.15) is 0 Å². The molecule has 0 radical (unpaired) electrons. The van der Waals surface area contributed by atoms with E-state index in [1.165, 1.54) is 0 Å². The minimum Gasteiger partial charge on any atom is -0.479 e. The zero-order valence-electron chi connectivity index (χ0n) is 12.1. The number of aliphatic hydroxyl groups excluding tert-OH is 1. The van der Waals surface area contributed by atoms with Gasteiger partial charge in [0.2, 0.25) is 0 Å². The van der Waals surface area contributed by atoms with Crippen LogP contribution in [0.4, 0.5) is 0 Å². The third kappa shape index (κ3) is 2.63. The highest BCUT2D eigenvalue weighted by Crippen LogP contribution is 2.41. The van der Waals surface area contributed by atoms with Gasteiger partial charge in [-0.05, 0) is 47.6 Å². The van der Waals surface area contributed by atoms with Crippen LogP contribution in [0.25, 0.3) is 11.1 Å². The number of benzene rings is 2. The number of hydrogen-bond donors (Lipinski definition) is 3. The largest absolute Gasteiger partial charge is 0.479 e. The van der Waals surface area contributed by atoms with Crippen LogP contribution in [-0.2, 0) is 10.4 Å². The number of aliphatic hydroxyl groups is 2. The highest BCUT2D eigenvalue weighted by molar-refractivity contribution is 5.75. The highest BCUT2D eigenvalue weighted by atomic mass is 16.4. The summed E-state index contributed by atoms with van der Waals surface area (Å²) in [6, 6.07) is 14.5. The molecule has 4 heteroatoms. The lowest BCUT2D eigenvalue weighted by Crippen LogP contribution is -2.33. The van der Waals surface area contributed by atoms with Crippen LogP contribution in [0.3, 0.4) is 0 Å². The maximum absolute atomic E-state index is 10.9. The van der Waals surface area contributed by atoms with Crippen LogP contribution in [-0.4, -0.2) is 21.3 Å². The molecule has 0 bridgehead atoms. The summed E-state index contributed by atoms with van der Waals surface area (Å²) in [6.45, 7) is 0. The van der Waals surface area contributed by atoms with Crippen molar-refractivity contribution in [3.05, 3.63) is 59.7 Å². The van der Waals surface area contributed by atoms with Crippen LogP contribution in [0.1, 0.15) is 36.5 Å². The minimum absolute atomic E-state index is 0.353. The SMILES string of the molecule is O=C(O)C(O)c1cccc(-c2ccc(C3(O)CCC3)cc2)c1. The van der Waals surface area contributed by atoms with Crippen molar-refractivity contribution in [3.8, 4) is 11.1 Å². The number of hydrogen-bond acceptors (Lipinski definition) is 3. The Balaban J connectivity index is 1.88. The fourth-order valence-corrected chi connectivity index (χ4v) is 2.80. The quantitative estimate of drug-likeness (QED) is 0.811. The molecule has 0 spiro atoms. The topological polar surface area (TPSA) is 77.8 Å². The zero-order chi connectivity index (χ0) is 15.7. The highest BCUT2D eigenvalue weighted by Gasteiger charge is 2.35. The third-order valence-corrected chi connectivity index (χ3v) is 4.37. The molecule has 0 saturated heterocycles. The van der Waals surface area contributed by atoms with E-state index in [0.29, 0.717) is 5.56 Å². The van der Waals surface area contributed by atoms with E-state index < -0.39 is 17.7 Å². The molecule has 3 N–H and O–H groups in total. The van der Waals surface area contributed by atoms with Crippen LogP contribution in [0.15, 0.2) is 48.5 Å². The third-order valence-electron chi connectivity index (χ3n) is 4.37. The standard InChI is InChI=1S/C18H18O4/c19-16(17(20)21)14-4-1-3-13(11-14)12-5-7-15(8-6-12)18(22)9-2-10-18/h1,3-8,11,16,19,22H,2,9-10H2,(H,20,21). The summed E-state index contributed by atoms with van der Waals surface area (Å²) in [4.78, 5) is 10.9. The summed E-state index contributed by atoms with van der Waals surface area (Å²) >= 11 is 0. The van der Waals surface area contributed by atoms with Gasteiger partial charge in [-0.25, -0.2) is 4.79 Å². The zero-order valence-corrected chi connectivity index (χ0v) is 12.1. The molecule has 114 valence electrons. The molecule has 22 heavy (non-hydrogen) atoms. The smallest absolute Gasteiger partial charge is 0.337 e. The van der Waals surface area contributed by atoms with Crippen LogP contribution in [0.2, 0.25) is 0 Å². The second kappa shape index (κ2) is 5.55. The maximum Gasteiger partial charge on any atom is 0.337 e. The van der Waals surface area contributed by atoms with Crippen LogP contribution in [0, 0.1) is 0 Å². The van der Waals surface area contributed by atoms with Gasteiger partial charge in [0.1, 0.15) is 0 Å². The van der Waals surface area contributed by atoms with E-state index in [4.69, 9.17) is 5.11 Å². The molecule has 0 aliphatic heterocycles. The average Bonchev–Trinajstić information content (AvgIpc) is 2.52. The van der Waals surface area contributed by atoms with Gasteiger partial charge >= 0.3 is 5.97 Å². The Labute approximate surface area is 128 Å². The molecular weight excluding hydrogens is 280 g/mol. The number of carboxylic acid groups (broad SMARTS) is 1. The fraction of sp³-hybridized carbons (Fsp3) is 0.278. The van der Waals surface area contributed by atoms with Gasteiger partial charge in [-0.1, -0.05) is 42.5 Å². The molecule has 0 aromatic heterocycles. The first-order valence-corrected chi connectivity index (χ1v) is 7.34. The van der Waals surface area contributed by atoms with Crippen LogP contribution in [0.5, 0.6) is 0 Å². The van der Waals surface area contributed by atoms with Gasteiger partial charge in [0.25, 0.3) is 0 Å². The van der Waals surface area contributed by atoms with Gasteiger partial charge in [0.05, 0.1) is 5.60 Å². The first-order chi connectivity index (χ1) is 10.5. The van der Waals surface area contributed by atoms with E-state index in [0.717, 1.165) is 36.0 Å². The maximum atomic E-state index is 10.9. The van der Waals surface area contributed by atoms with Crippen molar-refractivity contribution in [2.45, 2.75) is 31.0 Å². The van der Waals surface area contributed by atoms with Crippen molar-refractivity contribution in [3.63, 3.8) is 0 Å². The van der Waals surface area contributed by atoms with Gasteiger partial charge in [0.15, 0.2) is 6.10 Å². The van der Waals surface area contributed by atoms with Gasteiger partial charge in [0, 0.05) is 0 Å². The van der Waals surface area contributed by atoms with E-state index in [2.05, 4.69) is 0 Å². The molecule has 4 nitrogen and oxygen atoms in total. The Morgan fingerprint density at radius 2 is 1.73 bits per heavy atom. The first kappa shape index (κ1) is 14.8. The average molecular weight is 298 g/mol. The summed E-state index contributed by atoms with van der Waals surface area (Å²) in [6.07, 6.45) is 1.13. The van der Waals surface area contributed by atoms with Gasteiger partial charge < -0.3 is 15.3 Å². The van der Waals surface area contributed by atoms with Crippen molar-refractivity contribution >= 4 is 5.97 Å². The molecule has 1 atom stereocenters. The van der Waals surface area contributed by atoms with Crippen molar-refractivity contribution in [1.82, 2.24) is 0 Å². The predicted molar refractivity (Wildman–Crippen MR) is 82.2 cm³/mol. The number of rotatable bonds is 4. The second-order valence-corrected chi connectivity index (χ2v) is 5.83. The Morgan fingerprint density at radius 1 is 1.05 bits per heavy atom. The van der Waals surface area contributed by atoms with E-state index >= 15 is 0 Å². The number of aliphatic carboxylic acids is 1. The predicted octanol–water partition coefficient (Wildman–Crippen LogP) is 2.84. The minimum atomic E-state index is -1.52. The molecule has 3 rings (SSSR count). The van der Waals surface area contributed by atoms with Crippen molar-refractivity contribution in [1.29, 1.82) is 0 Å². The van der Waals surface area contributed by atoms with Crippen LogP contribution < -0.4 is 0 Å². The van der Waals surface area contributed by atoms with Gasteiger partial charge in [-0.3, -0.25) is 0 Å². The monoisotopic (exact) mass is 298 g/mol. The normalized spacial score (nSPS) is 17.5. The summed E-state index contributed by atoms with van der Waals surface area (Å²) in [7, 11) is 0. The summed E-state index contributed by atoms with van der Waals surface area (Å²) in [5.74, 6) is -1.26. The summed E-state index contributed by atoms with van der Waals surface area (Å²) < 4.78 is 0. The van der Waals surface area contributed by atoms with E-state index in [1.807, 2.05) is 30.3 Å². The van der Waals surface area contributed by atoms with Crippen molar-refractivity contribution in [2.75, 3.05) is 0 Å². The molecule has 2 aromatic rings. The number of carbonyl (C=O) groups is 1. The molecule has 0 amide bonds. The lowest BCUT2D eigenvalue weighted by molar-refractivity contribution is -0.146. The van der Waals surface area contributed by atoms with Crippen molar-refractivity contribution < 1.29 is 20.1 Å². The molecule has 1 aliphatic rings. The number of carboxylic acids is 1. The molecule has 1 unspecified atom stereocenters.